The summed E-state index contributed by atoms with van der Waals surface area (Å²) in [5.74, 6) is 3.27. The number of rotatable bonds is 5. The van der Waals surface area contributed by atoms with Gasteiger partial charge in [-0.1, -0.05) is 13.8 Å². The first-order valence-electron chi connectivity index (χ1n) is 10.2. The molecular formula is C21H30N4O3. The summed E-state index contributed by atoms with van der Waals surface area (Å²) in [5, 5.41) is 3.02. The number of hydrogen-bond acceptors (Lipinski definition) is 5. The summed E-state index contributed by atoms with van der Waals surface area (Å²) in [6.07, 6.45) is 4.93. The molecule has 2 aromatic heterocycles. The molecule has 28 heavy (non-hydrogen) atoms. The third kappa shape index (κ3) is 3.86. The number of imidazole rings is 1. The van der Waals surface area contributed by atoms with Gasteiger partial charge in [-0.15, -0.1) is 0 Å². The second-order valence-electron chi connectivity index (χ2n) is 8.43. The minimum Gasteiger partial charge on any atom is -0.465 e. The molecule has 1 saturated heterocycles. The van der Waals surface area contributed by atoms with Crippen molar-refractivity contribution in [3.8, 4) is 0 Å². The molecule has 7 nitrogen and oxygen atoms in total. The fraction of sp³-hybridized carbons (Fsp3) is 0.619. The van der Waals surface area contributed by atoms with Crippen LogP contribution in [0.15, 0.2) is 28.9 Å². The average molecular weight is 386 g/mol. The van der Waals surface area contributed by atoms with E-state index in [0.29, 0.717) is 19.0 Å². The molecule has 0 aliphatic carbocycles. The summed E-state index contributed by atoms with van der Waals surface area (Å²) in [5.41, 5.74) is -0.489. The van der Waals surface area contributed by atoms with E-state index in [-0.39, 0.29) is 5.91 Å². The highest BCUT2D eigenvalue weighted by atomic mass is 16.5. The Kier molecular flexibility index (Phi) is 5.29. The predicted molar refractivity (Wildman–Crippen MR) is 105 cm³/mol. The zero-order valence-corrected chi connectivity index (χ0v) is 17.0. The molecule has 4 rings (SSSR count). The molecule has 0 aromatic carbocycles. The van der Waals surface area contributed by atoms with Crippen LogP contribution < -0.4 is 5.32 Å². The Balaban J connectivity index is 1.45. The fourth-order valence-corrected chi connectivity index (χ4v) is 4.16. The van der Waals surface area contributed by atoms with Crippen molar-refractivity contribution in [3.63, 3.8) is 0 Å². The highest BCUT2D eigenvalue weighted by Crippen LogP contribution is 2.40. The second kappa shape index (κ2) is 7.72. The lowest BCUT2D eigenvalue weighted by atomic mass is 9.88. The van der Waals surface area contributed by atoms with E-state index in [2.05, 4.69) is 33.6 Å². The third-order valence-corrected chi connectivity index (χ3v) is 5.67. The maximum atomic E-state index is 12.7. The van der Waals surface area contributed by atoms with Crippen LogP contribution in [0.25, 0.3) is 0 Å². The highest BCUT2D eigenvalue weighted by Gasteiger charge is 2.47. The van der Waals surface area contributed by atoms with Crippen LogP contribution in [0.1, 0.15) is 44.0 Å². The van der Waals surface area contributed by atoms with Gasteiger partial charge in [-0.3, -0.25) is 9.69 Å². The molecule has 7 heteroatoms. The Hall–Kier alpha value is -2.12. The van der Waals surface area contributed by atoms with Crippen LogP contribution in [0, 0.1) is 12.8 Å². The molecule has 1 spiro atoms. The molecule has 2 aromatic rings. The molecule has 0 saturated carbocycles. The largest absolute Gasteiger partial charge is 0.465 e. The normalized spacial score (nSPS) is 21.8. The van der Waals surface area contributed by atoms with Gasteiger partial charge in [-0.05, 0) is 37.8 Å². The summed E-state index contributed by atoms with van der Waals surface area (Å²) in [7, 11) is 0. The van der Waals surface area contributed by atoms with E-state index in [4.69, 9.17) is 9.15 Å². The number of aromatic nitrogens is 2. The van der Waals surface area contributed by atoms with Gasteiger partial charge in [-0.25, -0.2) is 4.98 Å². The SMILES string of the molecule is Cc1ccc(CN2CCC3(CC2)OC(C(=O)NCC(C)C)Cn2ccnc23)o1. The first-order valence-corrected chi connectivity index (χ1v) is 10.2. The van der Waals surface area contributed by atoms with Crippen molar-refractivity contribution < 1.29 is 13.9 Å². The van der Waals surface area contributed by atoms with Gasteiger partial charge < -0.3 is 19.0 Å². The number of carbonyl (C=O) groups excluding carboxylic acids is 1. The van der Waals surface area contributed by atoms with Gasteiger partial charge >= 0.3 is 0 Å². The van der Waals surface area contributed by atoms with Crippen LogP contribution in [-0.2, 0) is 28.2 Å². The topological polar surface area (TPSA) is 72.5 Å². The van der Waals surface area contributed by atoms with Crippen LogP contribution >= 0.6 is 0 Å². The molecule has 152 valence electrons. The number of piperidine rings is 1. The van der Waals surface area contributed by atoms with Crippen molar-refractivity contribution in [1.82, 2.24) is 19.8 Å². The third-order valence-electron chi connectivity index (χ3n) is 5.67. The number of likely N-dealkylation sites (tertiary alicyclic amines) is 1. The Bertz CT molecular complexity index is 817. The minimum absolute atomic E-state index is 0.0269. The fourth-order valence-electron chi connectivity index (χ4n) is 4.16. The minimum atomic E-state index is -0.489. The Morgan fingerprint density at radius 1 is 1.36 bits per heavy atom. The number of amides is 1. The van der Waals surface area contributed by atoms with Crippen LogP contribution in [0.4, 0.5) is 0 Å². The summed E-state index contributed by atoms with van der Waals surface area (Å²) in [6, 6.07) is 4.04. The van der Waals surface area contributed by atoms with E-state index in [9.17, 15) is 4.79 Å². The van der Waals surface area contributed by atoms with Crippen molar-refractivity contribution in [2.24, 2.45) is 5.92 Å². The van der Waals surface area contributed by atoms with Crippen molar-refractivity contribution >= 4 is 5.91 Å². The maximum absolute atomic E-state index is 12.7. The quantitative estimate of drug-likeness (QED) is 0.855. The van der Waals surface area contributed by atoms with Gasteiger partial charge in [0, 0.05) is 32.0 Å². The molecule has 4 heterocycles. The van der Waals surface area contributed by atoms with Gasteiger partial charge in [0.2, 0.25) is 0 Å². The number of fused-ring (bicyclic) bond motifs is 2. The van der Waals surface area contributed by atoms with Crippen LogP contribution in [0.5, 0.6) is 0 Å². The molecule has 2 aliphatic rings. The van der Waals surface area contributed by atoms with E-state index in [0.717, 1.165) is 49.8 Å². The lowest BCUT2D eigenvalue weighted by Crippen LogP contribution is -2.54. The molecule has 2 aliphatic heterocycles. The molecule has 1 fully saturated rings. The van der Waals surface area contributed by atoms with E-state index in [1.165, 1.54) is 0 Å². The molecular weight excluding hydrogens is 356 g/mol. The van der Waals surface area contributed by atoms with Gasteiger partial charge in [0.15, 0.2) is 6.10 Å². The monoisotopic (exact) mass is 386 g/mol. The first-order chi connectivity index (χ1) is 13.4. The Morgan fingerprint density at radius 2 is 2.14 bits per heavy atom. The van der Waals surface area contributed by atoms with E-state index < -0.39 is 11.7 Å². The van der Waals surface area contributed by atoms with Crippen LogP contribution in [-0.4, -0.2) is 46.1 Å². The average Bonchev–Trinajstić information content (AvgIpc) is 3.31. The summed E-state index contributed by atoms with van der Waals surface area (Å²) in [6.45, 7) is 9.90. The van der Waals surface area contributed by atoms with Crippen molar-refractivity contribution in [2.45, 2.75) is 58.4 Å². The summed E-state index contributed by atoms with van der Waals surface area (Å²) >= 11 is 0. The van der Waals surface area contributed by atoms with E-state index in [1.54, 1.807) is 0 Å². The molecule has 0 bridgehead atoms. The zero-order valence-electron chi connectivity index (χ0n) is 17.0. The molecule has 0 radical (unpaired) electrons. The lowest BCUT2D eigenvalue weighted by Gasteiger charge is -2.45. The van der Waals surface area contributed by atoms with E-state index in [1.807, 2.05) is 31.5 Å². The summed E-state index contributed by atoms with van der Waals surface area (Å²) < 4.78 is 14.3. The van der Waals surface area contributed by atoms with Gasteiger partial charge in [-0.2, -0.15) is 0 Å². The first kappa shape index (κ1) is 19.2. The van der Waals surface area contributed by atoms with Gasteiger partial charge in [0.1, 0.15) is 22.9 Å². The van der Waals surface area contributed by atoms with Gasteiger partial charge in [0.05, 0.1) is 13.1 Å². The van der Waals surface area contributed by atoms with Crippen molar-refractivity contribution in [2.75, 3.05) is 19.6 Å². The molecule has 1 unspecified atom stereocenters. The lowest BCUT2D eigenvalue weighted by molar-refractivity contribution is -0.174. The number of nitrogens with one attached hydrogen (secondary N) is 1. The number of nitrogens with zero attached hydrogens (tertiary/aromatic N) is 3. The molecule has 1 N–H and O–H groups in total. The van der Waals surface area contributed by atoms with Crippen molar-refractivity contribution in [1.29, 1.82) is 0 Å². The van der Waals surface area contributed by atoms with Crippen LogP contribution in [0.2, 0.25) is 0 Å². The Morgan fingerprint density at radius 3 is 2.82 bits per heavy atom. The number of furan rings is 1. The number of aryl methyl sites for hydroxylation is 1. The summed E-state index contributed by atoms with van der Waals surface area (Å²) in [4.78, 5) is 19.6. The number of hydrogen-bond donors (Lipinski definition) is 1. The molecule has 1 amide bonds. The maximum Gasteiger partial charge on any atom is 0.251 e. The predicted octanol–water partition coefficient (Wildman–Crippen LogP) is 2.45. The van der Waals surface area contributed by atoms with Crippen molar-refractivity contribution in [3.05, 3.63) is 41.9 Å². The standard InChI is InChI=1S/C21H30N4O3/c1-15(2)12-23-19(26)18-14-25-11-8-22-20(25)21(28-18)6-9-24(10-7-21)13-17-5-4-16(3)27-17/h4-5,8,11,15,18H,6-7,9-10,12-14H2,1-3H3,(H,23,26). The van der Waals surface area contributed by atoms with Gasteiger partial charge in [0.25, 0.3) is 5.91 Å². The Labute approximate surface area is 166 Å². The van der Waals surface area contributed by atoms with E-state index >= 15 is 0 Å². The second-order valence-corrected chi connectivity index (χ2v) is 8.43. The molecule has 1 atom stereocenters. The smallest absolute Gasteiger partial charge is 0.251 e. The zero-order chi connectivity index (χ0) is 19.7. The van der Waals surface area contributed by atoms with Crippen LogP contribution in [0.3, 0.4) is 0 Å². The number of carbonyl (C=O) groups is 1. The highest BCUT2D eigenvalue weighted by molar-refractivity contribution is 5.80. The number of ether oxygens (including phenoxy) is 1.